The standard InChI is InChI=1S/C32H27N3O3/c1-21(2)22-13-16-26(17-14-22)33-29(36)20-38-32(37)25-15-18-27-28(19-25)35-31(24-11-7-4-8-12-24)30(34-27)23-9-5-3-6-10-23/h3-19,21H,20H2,1-2H3,(H,33,36). The van der Waals surface area contributed by atoms with E-state index in [-0.39, 0.29) is 0 Å². The molecule has 0 saturated heterocycles. The van der Waals surface area contributed by atoms with Crippen molar-refractivity contribution in [2.75, 3.05) is 11.9 Å². The van der Waals surface area contributed by atoms with Crippen LogP contribution in [0.1, 0.15) is 35.7 Å². The number of carbonyl (C=O) groups is 2. The van der Waals surface area contributed by atoms with Crippen molar-refractivity contribution in [3.8, 4) is 22.5 Å². The predicted octanol–water partition coefficient (Wildman–Crippen LogP) is 6.88. The number of rotatable bonds is 7. The first kappa shape index (κ1) is 24.8. The van der Waals surface area contributed by atoms with Crippen LogP contribution in [0.3, 0.4) is 0 Å². The van der Waals surface area contributed by atoms with Crippen LogP contribution in [0, 0.1) is 0 Å². The lowest BCUT2D eigenvalue weighted by Crippen LogP contribution is -2.21. The number of amides is 1. The first-order valence-corrected chi connectivity index (χ1v) is 12.5. The summed E-state index contributed by atoms with van der Waals surface area (Å²) in [5.41, 5.74) is 6.71. The summed E-state index contributed by atoms with van der Waals surface area (Å²) in [6.07, 6.45) is 0. The van der Waals surface area contributed by atoms with Crippen molar-refractivity contribution in [2.45, 2.75) is 19.8 Å². The second-order valence-electron chi connectivity index (χ2n) is 9.26. The summed E-state index contributed by atoms with van der Waals surface area (Å²) in [4.78, 5) is 34.9. The average Bonchev–Trinajstić information content (AvgIpc) is 2.96. The second-order valence-corrected chi connectivity index (χ2v) is 9.26. The van der Waals surface area contributed by atoms with Gasteiger partial charge in [-0.15, -0.1) is 0 Å². The molecule has 1 aromatic heterocycles. The highest BCUT2D eigenvalue weighted by molar-refractivity contribution is 5.97. The Morgan fingerprint density at radius 1 is 0.737 bits per heavy atom. The Labute approximate surface area is 221 Å². The molecule has 0 fully saturated rings. The van der Waals surface area contributed by atoms with Crippen molar-refractivity contribution in [2.24, 2.45) is 0 Å². The molecule has 38 heavy (non-hydrogen) atoms. The molecule has 1 amide bonds. The van der Waals surface area contributed by atoms with Crippen LogP contribution in [-0.4, -0.2) is 28.5 Å². The van der Waals surface area contributed by atoms with E-state index < -0.39 is 18.5 Å². The zero-order chi connectivity index (χ0) is 26.5. The van der Waals surface area contributed by atoms with Gasteiger partial charge >= 0.3 is 5.97 Å². The maximum absolute atomic E-state index is 12.8. The van der Waals surface area contributed by atoms with Gasteiger partial charge in [0.05, 0.1) is 28.0 Å². The minimum absolute atomic E-state index is 0.298. The van der Waals surface area contributed by atoms with Crippen molar-refractivity contribution in [3.63, 3.8) is 0 Å². The molecule has 1 heterocycles. The molecule has 0 atom stereocenters. The van der Waals surface area contributed by atoms with E-state index in [2.05, 4.69) is 19.2 Å². The number of hydrogen-bond acceptors (Lipinski definition) is 5. The van der Waals surface area contributed by atoms with E-state index in [0.717, 1.165) is 22.5 Å². The summed E-state index contributed by atoms with van der Waals surface area (Å²) in [6.45, 7) is 3.82. The van der Waals surface area contributed by atoms with Crippen molar-refractivity contribution in [3.05, 3.63) is 114 Å². The topological polar surface area (TPSA) is 81.2 Å². The smallest absolute Gasteiger partial charge is 0.338 e. The molecular formula is C32H27N3O3. The minimum atomic E-state index is -0.604. The number of nitrogens with one attached hydrogen (secondary N) is 1. The van der Waals surface area contributed by atoms with Crippen LogP contribution in [0.25, 0.3) is 33.5 Å². The van der Waals surface area contributed by atoms with E-state index in [1.807, 2.05) is 84.9 Å². The van der Waals surface area contributed by atoms with Crippen LogP contribution in [0.15, 0.2) is 103 Å². The fourth-order valence-electron chi connectivity index (χ4n) is 4.14. The third-order valence-electron chi connectivity index (χ3n) is 6.19. The Hall–Kier alpha value is -4.84. The zero-order valence-corrected chi connectivity index (χ0v) is 21.2. The van der Waals surface area contributed by atoms with Gasteiger partial charge < -0.3 is 10.1 Å². The second kappa shape index (κ2) is 11.0. The van der Waals surface area contributed by atoms with Gasteiger partial charge in [-0.2, -0.15) is 0 Å². The van der Waals surface area contributed by atoms with Crippen molar-refractivity contribution in [1.29, 1.82) is 0 Å². The van der Waals surface area contributed by atoms with E-state index in [9.17, 15) is 9.59 Å². The number of anilines is 1. The predicted molar refractivity (Wildman–Crippen MR) is 150 cm³/mol. The third-order valence-corrected chi connectivity index (χ3v) is 6.19. The lowest BCUT2D eigenvalue weighted by atomic mass is 10.0. The number of ether oxygens (including phenoxy) is 1. The highest BCUT2D eigenvalue weighted by Gasteiger charge is 2.16. The number of benzene rings is 4. The zero-order valence-electron chi connectivity index (χ0n) is 21.2. The van der Waals surface area contributed by atoms with Crippen molar-refractivity contribution in [1.82, 2.24) is 9.97 Å². The molecule has 4 aromatic carbocycles. The van der Waals surface area contributed by atoms with Gasteiger partial charge in [0.2, 0.25) is 0 Å². The highest BCUT2D eigenvalue weighted by Crippen LogP contribution is 2.31. The Kier molecular flexibility index (Phi) is 7.22. The number of aromatic nitrogens is 2. The van der Waals surface area contributed by atoms with E-state index >= 15 is 0 Å². The van der Waals surface area contributed by atoms with Crippen LogP contribution in [-0.2, 0) is 9.53 Å². The maximum Gasteiger partial charge on any atom is 0.338 e. The molecule has 5 rings (SSSR count). The number of nitrogens with zero attached hydrogens (tertiary/aromatic N) is 2. The van der Waals surface area contributed by atoms with E-state index in [4.69, 9.17) is 14.7 Å². The molecule has 6 nitrogen and oxygen atoms in total. The van der Waals surface area contributed by atoms with Crippen molar-refractivity contribution < 1.29 is 14.3 Å². The van der Waals surface area contributed by atoms with Crippen LogP contribution in [0.4, 0.5) is 5.69 Å². The molecule has 188 valence electrons. The molecule has 6 heteroatoms. The van der Waals surface area contributed by atoms with Crippen LogP contribution in [0.2, 0.25) is 0 Å². The maximum atomic E-state index is 12.8. The highest BCUT2D eigenvalue weighted by atomic mass is 16.5. The molecule has 0 spiro atoms. The molecule has 0 bridgehead atoms. The van der Waals surface area contributed by atoms with E-state index in [0.29, 0.717) is 28.2 Å². The molecule has 0 aliphatic heterocycles. The Balaban J connectivity index is 1.35. The first-order valence-electron chi connectivity index (χ1n) is 12.5. The van der Waals surface area contributed by atoms with Gasteiger partial charge in [-0.25, -0.2) is 14.8 Å². The van der Waals surface area contributed by atoms with E-state index in [1.54, 1.807) is 18.2 Å². The number of fused-ring (bicyclic) bond motifs is 1. The summed E-state index contributed by atoms with van der Waals surface area (Å²) in [5, 5.41) is 2.75. The Morgan fingerprint density at radius 3 is 1.89 bits per heavy atom. The molecular weight excluding hydrogens is 474 g/mol. The summed E-state index contributed by atoms with van der Waals surface area (Å²) in [6, 6.07) is 32.3. The summed E-state index contributed by atoms with van der Waals surface area (Å²) in [7, 11) is 0. The lowest BCUT2D eigenvalue weighted by molar-refractivity contribution is -0.119. The Morgan fingerprint density at radius 2 is 1.32 bits per heavy atom. The third kappa shape index (κ3) is 5.60. The Bertz CT molecular complexity index is 1580. The van der Waals surface area contributed by atoms with E-state index in [1.165, 1.54) is 5.56 Å². The summed E-state index contributed by atoms with van der Waals surface area (Å²) in [5.74, 6) is -0.608. The fraction of sp³-hybridized carbons (Fsp3) is 0.125. The molecule has 1 N–H and O–H groups in total. The van der Waals surface area contributed by atoms with Gasteiger partial charge in [-0.1, -0.05) is 86.6 Å². The van der Waals surface area contributed by atoms with Gasteiger partial charge in [-0.05, 0) is 41.8 Å². The number of carbonyl (C=O) groups excluding carboxylic acids is 2. The van der Waals surface area contributed by atoms with Crippen LogP contribution >= 0.6 is 0 Å². The van der Waals surface area contributed by atoms with Crippen LogP contribution in [0.5, 0.6) is 0 Å². The van der Waals surface area contributed by atoms with Gasteiger partial charge in [0.15, 0.2) is 6.61 Å². The number of hydrogen-bond donors (Lipinski definition) is 1. The largest absolute Gasteiger partial charge is 0.452 e. The minimum Gasteiger partial charge on any atom is -0.452 e. The molecule has 5 aromatic rings. The number of esters is 1. The molecule has 0 unspecified atom stereocenters. The summed E-state index contributed by atoms with van der Waals surface area (Å²) >= 11 is 0. The molecule has 0 saturated carbocycles. The molecule has 0 radical (unpaired) electrons. The quantitative estimate of drug-likeness (QED) is 0.246. The normalized spacial score (nSPS) is 10.9. The van der Waals surface area contributed by atoms with Crippen molar-refractivity contribution >= 4 is 28.6 Å². The molecule has 0 aliphatic carbocycles. The van der Waals surface area contributed by atoms with Crippen LogP contribution < -0.4 is 5.32 Å². The summed E-state index contributed by atoms with van der Waals surface area (Å²) < 4.78 is 5.28. The van der Waals surface area contributed by atoms with Gasteiger partial charge in [0, 0.05) is 16.8 Å². The fourth-order valence-corrected chi connectivity index (χ4v) is 4.14. The van der Waals surface area contributed by atoms with Gasteiger partial charge in [0.25, 0.3) is 5.91 Å². The molecule has 0 aliphatic rings. The van der Waals surface area contributed by atoms with Gasteiger partial charge in [-0.3, -0.25) is 4.79 Å². The average molecular weight is 502 g/mol. The lowest BCUT2D eigenvalue weighted by Gasteiger charge is -2.11. The van der Waals surface area contributed by atoms with Gasteiger partial charge in [0.1, 0.15) is 0 Å². The first-order chi connectivity index (χ1) is 18.5. The SMILES string of the molecule is CC(C)c1ccc(NC(=O)COC(=O)c2ccc3nc(-c4ccccc4)c(-c4ccccc4)nc3c2)cc1. The monoisotopic (exact) mass is 501 g/mol.